The van der Waals surface area contributed by atoms with Gasteiger partial charge in [-0.15, -0.1) is 0 Å². The van der Waals surface area contributed by atoms with Crippen molar-refractivity contribution in [3.63, 3.8) is 0 Å². The molecule has 1 N–H and O–H groups in total. The van der Waals surface area contributed by atoms with Crippen molar-refractivity contribution in [2.45, 2.75) is 37.8 Å². The van der Waals surface area contributed by atoms with E-state index in [1.165, 1.54) is 12.1 Å². The van der Waals surface area contributed by atoms with E-state index in [9.17, 15) is 8.78 Å². The van der Waals surface area contributed by atoms with Crippen LogP contribution in [0.15, 0.2) is 18.2 Å². The second-order valence-electron chi connectivity index (χ2n) is 5.06. The standard InChI is InChI=1S/C14H19F2NO/c1-14(6-3-7-18-14)13(17-2)9-10-4-5-11(15)12(16)8-10/h4-5,8,13,17H,3,6-7,9H2,1-2H3. The van der Waals surface area contributed by atoms with Gasteiger partial charge >= 0.3 is 0 Å². The van der Waals surface area contributed by atoms with E-state index in [-0.39, 0.29) is 11.6 Å². The highest BCUT2D eigenvalue weighted by atomic mass is 19.2. The number of likely N-dealkylation sites (N-methyl/N-ethyl adjacent to an activating group) is 1. The third-order valence-corrected chi connectivity index (χ3v) is 3.76. The highest BCUT2D eigenvalue weighted by molar-refractivity contribution is 5.20. The Hall–Kier alpha value is -1.00. The van der Waals surface area contributed by atoms with Crippen LogP contribution in [0, 0.1) is 11.6 Å². The Bertz CT molecular complexity index is 416. The highest BCUT2D eigenvalue weighted by Gasteiger charge is 2.37. The Morgan fingerprint density at radius 1 is 1.39 bits per heavy atom. The van der Waals surface area contributed by atoms with Crippen LogP contribution in [0.1, 0.15) is 25.3 Å². The van der Waals surface area contributed by atoms with Gasteiger partial charge in [0.1, 0.15) is 0 Å². The summed E-state index contributed by atoms with van der Waals surface area (Å²) in [5.74, 6) is -1.59. The van der Waals surface area contributed by atoms with Crippen molar-refractivity contribution in [1.29, 1.82) is 0 Å². The summed E-state index contributed by atoms with van der Waals surface area (Å²) < 4.78 is 31.8. The van der Waals surface area contributed by atoms with Crippen molar-refractivity contribution in [3.8, 4) is 0 Å². The lowest BCUT2D eigenvalue weighted by molar-refractivity contribution is -0.00945. The third kappa shape index (κ3) is 2.70. The molecule has 1 aliphatic rings. The summed E-state index contributed by atoms with van der Waals surface area (Å²) in [6.07, 6.45) is 2.67. The van der Waals surface area contributed by atoms with E-state index in [4.69, 9.17) is 4.74 Å². The van der Waals surface area contributed by atoms with Crippen LogP contribution in [0.2, 0.25) is 0 Å². The Morgan fingerprint density at radius 2 is 2.17 bits per heavy atom. The zero-order valence-electron chi connectivity index (χ0n) is 10.8. The van der Waals surface area contributed by atoms with Gasteiger partial charge < -0.3 is 10.1 Å². The lowest BCUT2D eigenvalue weighted by Gasteiger charge is -2.33. The van der Waals surface area contributed by atoms with Gasteiger partial charge in [0.05, 0.1) is 5.60 Å². The van der Waals surface area contributed by atoms with Gasteiger partial charge in [0.25, 0.3) is 0 Å². The molecule has 1 saturated heterocycles. The monoisotopic (exact) mass is 255 g/mol. The van der Waals surface area contributed by atoms with Crippen LogP contribution in [0.4, 0.5) is 8.78 Å². The zero-order chi connectivity index (χ0) is 13.2. The van der Waals surface area contributed by atoms with Gasteiger partial charge in [-0.05, 0) is 50.9 Å². The first-order chi connectivity index (χ1) is 8.55. The molecule has 0 bridgehead atoms. The van der Waals surface area contributed by atoms with E-state index in [0.717, 1.165) is 25.0 Å². The van der Waals surface area contributed by atoms with Gasteiger partial charge in [-0.25, -0.2) is 8.78 Å². The zero-order valence-corrected chi connectivity index (χ0v) is 10.8. The lowest BCUT2D eigenvalue weighted by atomic mass is 9.88. The van der Waals surface area contributed by atoms with Crippen LogP contribution in [-0.4, -0.2) is 25.3 Å². The minimum atomic E-state index is -0.803. The first-order valence-corrected chi connectivity index (χ1v) is 6.30. The molecule has 2 nitrogen and oxygen atoms in total. The average Bonchev–Trinajstić information content (AvgIpc) is 2.78. The molecule has 18 heavy (non-hydrogen) atoms. The molecule has 0 aliphatic carbocycles. The topological polar surface area (TPSA) is 21.3 Å². The maximum atomic E-state index is 13.2. The first kappa shape index (κ1) is 13.4. The van der Waals surface area contributed by atoms with Crippen molar-refractivity contribution in [1.82, 2.24) is 5.32 Å². The van der Waals surface area contributed by atoms with Crippen molar-refractivity contribution >= 4 is 0 Å². The quantitative estimate of drug-likeness (QED) is 0.893. The molecular formula is C14H19F2NO. The van der Waals surface area contributed by atoms with Gasteiger partial charge in [-0.2, -0.15) is 0 Å². The maximum absolute atomic E-state index is 13.2. The summed E-state index contributed by atoms with van der Waals surface area (Å²) >= 11 is 0. The maximum Gasteiger partial charge on any atom is 0.159 e. The van der Waals surface area contributed by atoms with Crippen LogP contribution in [-0.2, 0) is 11.2 Å². The van der Waals surface area contributed by atoms with E-state index in [1.807, 2.05) is 7.05 Å². The summed E-state index contributed by atoms with van der Waals surface area (Å²) in [4.78, 5) is 0. The summed E-state index contributed by atoms with van der Waals surface area (Å²) in [6, 6.07) is 4.17. The van der Waals surface area contributed by atoms with Crippen molar-refractivity contribution in [2.24, 2.45) is 0 Å². The van der Waals surface area contributed by atoms with E-state index in [2.05, 4.69) is 12.2 Å². The van der Waals surface area contributed by atoms with Crippen LogP contribution >= 0.6 is 0 Å². The number of hydrogen-bond donors (Lipinski definition) is 1. The molecule has 0 spiro atoms. The largest absolute Gasteiger partial charge is 0.374 e. The predicted octanol–water partition coefficient (Wildman–Crippen LogP) is 2.66. The molecule has 1 aromatic rings. The van der Waals surface area contributed by atoms with Crippen molar-refractivity contribution in [2.75, 3.05) is 13.7 Å². The molecule has 2 rings (SSSR count). The van der Waals surface area contributed by atoms with E-state index in [1.54, 1.807) is 6.07 Å². The number of ether oxygens (including phenoxy) is 1. The Labute approximate surface area is 106 Å². The van der Waals surface area contributed by atoms with Crippen molar-refractivity contribution < 1.29 is 13.5 Å². The molecule has 1 aliphatic heterocycles. The molecule has 0 aromatic heterocycles. The Morgan fingerprint density at radius 3 is 2.72 bits per heavy atom. The Kier molecular flexibility index (Phi) is 3.97. The van der Waals surface area contributed by atoms with Gasteiger partial charge in [-0.1, -0.05) is 6.07 Å². The number of nitrogens with one attached hydrogen (secondary N) is 1. The normalized spacial score (nSPS) is 25.3. The SMILES string of the molecule is CNC(Cc1ccc(F)c(F)c1)C1(C)CCCO1. The fraction of sp³-hybridized carbons (Fsp3) is 0.571. The second kappa shape index (κ2) is 5.33. The average molecular weight is 255 g/mol. The number of hydrogen-bond acceptors (Lipinski definition) is 2. The minimum Gasteiger partial charge on any atom is -0.374 e. The first-order valence-electron chi connectivity index (χ1n) is 6.30. The highest BCUT2D eigenvalue weighted by Crippen LogP contribution is 2.30. The van der Waals surface area contributed by atoms with E-state index >= 15 is 0 Å². The van der Waals surface area contributed by atoms with Crippen molar-refractivity contribution in [3.05, 3.63) is 35.4 Å². The molecule has 1 heterocycles. The molecule has 2 unspecified atom stereocenters. The lowest BCUT2D eigenvalue weighted by Crippen LogP contribution is -2.48. The number of rotatable bonds is 4. The predicted molar refractivity (Wildman–Crippen MR) is 66.5 cm³/mol. The van der Waals surface area contributed by atoms with Crippen LogP contribution in [0.5, 0.6) is 0 Å². The molecule has 4 heteroatoms. The molecule has 1 aromatic carbocycles. The fourth-order valence-corrected chi connectivity index (χ4v) is 2.60. The second-order valence-corrected chi connectivity index (χ2v) is 5.06. The molecule has 100 valence electrons. The molecule has 0 amide bonds. The smallest absolute Gasteiger partial charge is 0.159 e. The molecule has 2 atom stereocenters. The molecule has 0 saturated carbocycles. The van der Waals surface area contributed by atoms with Gasteiger partial charge in [0, 0.05) is 12.6 Å². The molecule has 0 radical (unpaired) electrons. The van der Waals surface area contributed by atoms with E-state index in [0.29, 0.717) is 6.42 Å². The molecular weight excluding hydrogens is 236 g/mol. The third-order valence-electron chi connectivity index (χ3n) is 3.76. The number of halogens is 2. The van der Waals surface area contributed by atoms with E-state index < -0.39 is 11.6 Å². The summed E-state index contributed by atoms with van der Waals surface area (Å²) in [5, 5.41) is 3.23. The summed E-state index contributed by atoms with van der Waals surface area (Å²) in [6.45, 7) is 2.84. The minimum absolute atomic E-state index is 0.102. The van der Waals surface area contributed by atoms with Gasteiger partial charge in [0.15, 0.2) is 11.6 Å². The van der Waals surface area contributed by atoms with Crippen LogP contribution < -0.4 is 5.32 Å². The molecule has 1 fully saturated rings. The summed E-state index contributed by atoms with van der Waals surface area (Å²) in [7, 11) is 1.87. The van der Waals surface area contributed by atoms with Gasteiger partial charge in [0.2, 0.25) is 0 Å². The van der Waals surface area contributed by atoms with Crippen LogP contribution in [0.25, 0.3) is 0 Å². The number of benzene rings is 1. The van der Waals surface area contributed by atoms with Crippen LogP contribution in [0.3, 0.4) is 0 Å². The summed E-state index contributed by atoms with van der Waals surface area (Å²) in [5.41, 5.74) is 0.560. The fourth-order valence-electron chi connectivity index (χ4n) is 2.60. The van der Waals surface area contributed by atoms with Gasteiger partial charge in [-0.3, -0.25) is 0 Å². The Balaban J connectivity index is 2.12.